The third-order valence-electron chi connectivity index (χ3n) is 4.91. The van der Waals surface area contributed by atoms with Gasteiger partial charge in [-0.05, 0) is 68.3 Å². The van der Waals surface area contributed by atoms with Crippen LogP contribution in [0.4, 0.5) is 0 Å². The highest BCUT2D eigenvalue weighted by molar-refractivity contribution is 6.76. The van der Waals surface area contributed by atoms with E-state index < -0.39 is 8.07 Å². The molecule has 0 aromatic heterocycles. The van der Waals surface area contributed by atoms with Gasteiger partial charge in [0.25, 0.3) is 0 Å². The fourth-order valence-electron chi connectivity index (χ4n) is 2.95. The van der Waals surface area contributed by atoms with Crippen molar-refractivity contribution in [3.8, 4) is 23.0 Å². The van der Waals surface area contributed by atoms with Gasteiger partial charge in [0.15, 0.2) is 18.3 Å². The lowest BCUT2D eigenvalue weighted by atomic mass is 10.1. The molecule has 0 spiro atoms. The highest BCUT2D eigenvalue weighted by Gasteiger charge is 2.12. The van der Waals surface area contributed by atoms with E-state index in [-0.39, 0.29) is 6.79 Å². The van der Waals surface area contributed by atoms with E-state index in [0.29, 0.717) is 24.7 Å². The van der Waals surface area contributed by atoms with E-state index in [2.05, 4.69) is 33.5 Å². The summed E-state index contributed by atoms with van der Waals surface area (Å²) >= 11 is 0. The molecular weight excluding hydrogens is 444 g/mol. The Hall–Kier alpha value is -2.70. The minimum atomic E-state index is -1.11. The zero-order chi connectivity index (χ0) is 25.0. The highest BCUT2D eigenvalue weighted by Crippen LogP contribution is 2.30. The van der Waals surface area contributed by atoms with Gasteiger partial charge in [-0.1, -0.05) is 43.4 Å². The van der Waals surface area contributed by atoms with Crippen molar-refractivity contribution < 1.29 is 23.7 Å². The number of methoxy groups -OCH3 is 1. The number of hydrogen-bond acceptors (Lipinski definition) is 5. The molecule has 0 unspecified atom stereocenters. The van der Waals surface area contributed by atoms with Gasteiger partial charge in [-0.2, -0.15) is 0 Å². The van der Waals surface area contributed by atoms with Crippen LogP contribution in [-0.2, 0) is 4.74 Å². The molecule has 0 atom stereocenters. The second kappa shape index (κ2) is 13.9. The first-order chi connectivity index (χ1) is 16.2. The second-order valence-corrected chi connectivity index (χ2v) is 15.1. The fourth-order valence-corrected chi connectivity index (χ4v) is 3.70. The van der Waals surface area contributed by atoms with Crippen LogP contribution in [0.2, 0.25) is 25.7 Å². The lowest BCUT2D eigenvalue weighted by molar-refractivity contribution is 0.0202. The predicted molar refractivity (Wildman–Crippen MR) is 144 cm³/mol. The van der Waals surface area contributed by atoms with Gasteiger partial charge in [0.05, 0.1) is 13.7 Å². The smallest absolute Gasteiger partial charge is 0.189 e. The highest BCUT2D eigenvalue weighted by atomic mass is 28.3. The molecule has 0 aliphatic heterocycles. The maximum Gasteiger partial charge on any atom is 0.189 e. The molecule has 186 valence electrons. The average Bonchev–Trinajstić information content (AvgIpc) is 2.77. The predicted octanol–water partition coefficient (Wildman–Crippen LogP) is 7.30. The largest absolute Gasteiger partial charge is 0.497 e. The molecule has 0 saturated carbocycles. The molecule has 0 saturated heterocycles. The Morgan fingerprint density at radius 2 is 1.59 bits per heavy atom. The number of benzene rings is 2. The molecule has 0 amide bonds. The van der Waals surface area contributed by atoms with E-state index >= 15 is 0 Å². The lowest BCUT2D eigenvalue weighted by Gasteiger charge is -2.16. The maximum atomic E-state index is 5.86. The number of rotatable bonds is 14. The minimum absolute atomic E-state index is 0.221. The van der Waals surface area contributed by atoms with E-state index in [1.807, 2.05) is 61.5 Å². The lowest BCUT2D eigenvalue weighted by Crippen LogP contribution is -2.22. The van der Waals surface area contributed by atoms with Crippen molar-refractivity contribution in [1.29, 1.82) is 0 Å². The minimum Gasteiger partial charge on any atom is -0.497 e. The third kappa shape index (κ3) is 10.5. The molecule has 0 fully saturated rings. The van der Waals surface area contributed by atoms with Crippen molar-refractivity contribution in [2.45, 2.75) is 46.5 Å². The summed E-state index contributed by atoms with van der Waals surface area (Å²) in [6.45, 7) is 15.1. The van der Waals surface area contributed by atoms with Crippen molar-refractivity contribution >= 4 is 20.2 Å². The van der Waals surface area contributed by atoms with Gasteiger partial charge in [-0.3, -0.25) is 0 Å². The molecule has 0 aliphatic rings. The van der Waals surface area contributed by atoms with Crippen LogP contribution < -0.4 is 18.9 Å². The first-order valence-electron chi connectivity index (χ1n) is 11.8. The third-order valence-corrected chi connectivity index (χ3v) is 6.61. The van der Waals surface area contributed by atoms with Gasteiger partial charge in [-0.15, -0.1) is 0 Å². The Kier molecular flexibility index (Phi) is 11.2. The van der Waals surface area contributed by atoms with Crippen molar-refractivity contribution in [1.82, 2.24) is 0 Å². The molecule has 6 heteroatoms. The summed E-state index contributed by atoms with van der Waals surface area (Å²) in [7, 11) is 0.550. The zero-order valence-corrected chi connectivity index (χ0v) is 22.8. The van der Waals surface area contributed by atoms with Gasteiger partial charge in [0.1, 0.15) is 18.1 Å². The molecule has 0 aliphatic carbocycles. The first-order valence-corrected chi connectivity index (χ1v) is 15.5. The fraction of sp³-hybridized carbons (Fsp3) is 0.429. The Balaban J connectivity index is 2.08. The molecule has 0 bridgehead atoms. The van der Waals surface area contributed by atoms with E-state index in [4.69, 9.17) is 23.7 Å². The summed E-state index contributed by atoms with van der Waals surface area (Å²) in [5.74, 6) is 2.91. The molecule has 0 radical (unpaired) electrons. The van der Waals surface area contributed by atoms with Gasteiger partial charge in [-0.25, -0.2) is 0 Å². The van der Waals surface area contributed by atoms with Crippen molar-refractivity contribution in [3.05, 3.63) is 59.2 Å². The van der Waals surface area contributed by atoms with E-state index in [1.54, 1.807) is 7.11 Å². The standard InChI is InChI=1S/C28H40O5Si/c1-8-31-28-19-23(11-12-27(28)33-21-30-15-16-34(5,6)7)9-10-24-17-25(29-4)20-26(18-24)32-14-13-22(2)3/h9-13,17-20H,8,14-16,21H2,1-7H3. The van der Waals surface area contributed by atoms with E-state index in [9.17, 15) is 0 Å². The number of ether oxygens (including phenoxy) is 5. The molecule has 2 aromatic carbocycles. The normalized spacial score (nSPS) is 11.4. The van der Waals surface area contributed by atoms with Crippen LogP contribution in [0.5, 0.6) is 23.0 Å². The van der Waals surface area contributed by atoms with Crippen LogP contribution >= 0.6 is 0 Å². The molecular formula is C28H40O5Si. The Morgan fingerprint density at radius 1 is 0.853 bits per heavy atom. The Bertz CT molecular complexity index is 956. The molecule has 2 rings (SSSR count). The summed E-state index contributed by atoms with van der Waals surface area (Å²) in [4.78, 5) is 0. The molecule has 5 nitrogen and oxygen atoms in total. The molecule has 0 N–H and O–H groups in total. The second-order valence-electron chi connectivity index (χ2n) is 9.49. The SMILES string of the molecule is CCOc1cc(C=Cc2cc(OC)cc(OCC=C(C)C)c2)ccc1OCOCC[Si](C)(C)C. The number of hydrogen-bond donors (Lipinski definition) is 0. The quantitative estimate of drug-likeness (QED) is 0.0925. The summed E-state index contributed by atoms with van der Waals surface area (Å²) in [5, 5.41) is 0. The van der Waals surface area contributed by atoms with Crippen molar-refractivity contribution in [2.24, 2.45) is 0 Å². The monoisotopic (exact) mass is 484 g/mol. The average molecular weight is 485 g/mol. The molecule has 2 aromatic rings. The van der Waals surface area contributed by atoms with Crippen LogP contribution in [0.1, 0.15) is 31.9 Å². The Labute approximate surface area is 206 Å². The topological polar surface area (TPSA) is 46.2 Å². The summed E-state index contributed by atoms with van der Waals surface area (Å²) in [6.07, 6.45) is 6.11. The van der Waals surface area contributed by atoms with Gasteiger partial charge >= 0.3 is 0 Å². The van der Waals surface area contributed by atoms with Crippen LogP contribution in [0.15, 0.2) is 48.0 Å². The van der Waals surface area contributed by atoms with E-state index in [0.717, 1.165) is 35.3 Å². The van der Waals surface area contributed by atoms with Crippen LogP contribution in [-0.4, -0.2) is 41.8 Å². The molecule has 34 heavy (non-hydrogen) atoms. The van der Waals surface area contributed by atoms with Gasteiger partial charge < -0.3 is 23.7 Å². The molecule has 0 heterocycles. The zero-order valence-electron chi connectivity index (χ0n) is 21.8. The maximum absolute atomic E-state index is 5.86. The summed E-state index contributed by atoms with van der Waals surface area (Å²) < 4.78 is 28.6. The van der Waals surface area contributed by atoms with Crippen LogP contribution in [0, 0.1) is 0 Å². The van der Waals surface area contributed by atoms with Crippen molar-refractivity contribution in [3.63, 3.8) is 0 Å². The summed E-state index contributed by atoms with van der Waals surface area (Å²) in [5.41, 5.74) is 3.21. The Morgan fingerprint density at radius 3 is 2.26 bits per heavy atom. The van der Waals surface area contributed by atoms with Gasteiger partial charge in [0.2, 0.25) is 0 Å². The van der Waals surface area contributed by atoms with Crippen LogP contribution in [0.25, 0.3) is 12.2 Å². The first kappa shape index (κ1) is 27.5. The van der Waals surface area contributed by atoms with E-state index in [1.165, 1.54) is 5.57 Å². The van der Waals surface area contributed by atoms with Crippen LogP contribution in [0.3, 0.4) is 0 Å². The van der Waals surface area contributed by atoms with Crippen molar-refractivity contribution in [2.75, 3.05) is 33.7 Å². The number of allylic oxidation sites excluding steroid dienone is 1. The summed E-state index contributed by atoms with van der Waals surface area (Å²) in [6, 6.07) is 12.9. The van der Waals surface area contributed by atoms with Gasteiger partial charge in [0, 0.05) is 20.7 Å².